The number of nitrogens with zero attached hydrogens (tertiary/aromatic N) is 1. The normalized spacial score (nSPS) is 11.0. The van der Waals surface area contributed by atoms with Crippen LogP contribution in [0.15, 0.2) is 84.9 Å². The third-order valence-corrected chi connectivity index (χ3v) is 5.84. The van der Waals surface area contributed by atoms with E-state index in [1.807, 2.05) is 41.3 Å². The summed E-state index contributed by atoms with van der Waals surface area (Å²) in [5.74, 6) is 1.45. The summed E-state index contributed by atoms with van der Waals surface area (Å²) in [5.41, 5.74) is 3.33. The fourth-order valence-electron chi connectivity index (χ4n) is 4.07. The first kappa shape index (κ1) is 25.4. The van der Waals surface area contributed by atoms with Crippen molar-refractivity contribution < 1.29 is 9.53 Å². The topological polar surface area (TPSA) is 41.6 Å². The predicted octanol–water partition coefficient (Wildman–Crippen LogP) is 7.58. The van der Waals surface area contributed by atoms with Crippen molar-refractivity contribution in [3.05, 3.63) is 96.1 Å². The molecule has 0 bridgehead atoms. The molecule has 0 aliphatic carbocycles. The summed E-state index contributed by atoms with van der Waals surface area (Å²) < 4.78 is 5.73. The van der Waals surface area contributed by atoms with E-state index in [9.17, 15) is 4.79 Å². The molecule has 3 rings (SSSR count). The minimum atomic E-state index is -0.0618. The number of carbonyl (C=O) groups excluding carboxylic acids is 1. The molecule has 0 radical (unpaired) electrons. The average molecular weight is 459 g/mol. The van der Waals surface area contributed by atoms with Gasteiger partial charge in [-0.15, -0.1) is 0 Å². The number of nitrogens with one attached hydrogen (secondary N) is 1. The number of carbonyl (C=O) groups is 1. The van der Waals surface area contributed by atoms with Crippen molar-refractivity contribution in [1.82, 2.24) is 4.90 Å². The number of unbranched alkanes of at least 4 members (excludes halogenated alkanes) is 1. The number of amides is 2. The Balaban J connectivity index is 1.67. The second kappa shape index (κ2) is 13.4. The monoisotopic (exact) mass is 458 g/mol. The fraction of sp³-hybridized carbons (Fsp3) is 0.367. The third kappa shape index (κ3) is 7.95. The molecule has 0 atom stereocenters. The summed E-state index contributed by atoms with van der Waals surface area (Å²) in [7, 11) is 0. The summed E-state index contributed by atoms with van der Waals surface area (Å²) in [6.07, 6.45) is 3.00. The first-order valence-corrected chi connectivity index (χ1v) is 12.5. The lowest BCUT2D eigenvalue weighted by Gasteiger charge is -2.27. The van der Waals surface area contributed by atoms with Crippen molar-refractivity contribution in [2.24, 2.45) is 5.92 Å². The molecule has 4 nitrogen and oxygen atoms in total. The van der Waals surface area contributed by atoms with Gasteiger partial charge in [-0.2, -0.15) is 0 Å². The second-order valence-electron chi connectivity index (χ2n) is 9.16. The Labute approximate surface area is 205 Å². The lowest BCUT2D eigenvalue weighted by atomic mass is 9.88. The first-order chi connectivity index (χ1) is 16.6. The molecule has 2 amide bonds. The molecule has 3 aromatic carbocycles. The van der Waals surface area contributed by atoms with E-state index in [1.54, 1.807) is 0 Å². The average Bonchev–Trinajstić information content (AvgIpc) is 2.86. The predicted molar refractivity (Wildman–Crippen MR) is 142 cm³/mol. The zero-order chi connectivity index (χ0) is 24.2. The number of hydrogen-bond acceptors (Lipinski definition) is 2. The number of rotatable bonds is 12. The van der Waals surface area contributed by atoms with Crippen LogP contribution in [-0.2, 0) is 0 Å². The highest BCUT2D eigenvalue weighted by molar-refractivity contribution is 5.89. The van der Waals surface area contributed by atoms with E-state index in [0.717, 1.165) is 30.7 Å². The quantitative estimate of drug-likeness (QED) is 0.284. The van der Waals surface area contributed by atoms with E-state index < -0.39 is 0 Å². The number of urea groups is 1. The smallest absolute Gasteiger partial charge is 0.321 e. The zero-order valence-corrected chi connectivity index (χ0v) is 20.7. The Morgan fingerprint density at radius 1 is 0.882 bits per heavy atom. The van der Waals surface area contributed by atoms with E-state index in [1.165, 1.54) is 11.1 Å². The standard InChI is InChI=1S/C30H38N2O2/c1-4-5-22-34-28-18-16-27(17-19-28)31-30(33)32(23-24(2)3)21-20-29(25-12-8-6-9-13-25)26-14-10-7-11-15-26/h6-19,24,29H,4-5,20-23H2,1-3H3,(H,31,33). The van der Waals surface area contributed by atoms with Crippen molar-refractivity contribution in [3.63, 3.8) is 0 Å². The highest BCUT2D eigenvalue weighted by Gasteiger charge is 2.20. The van der Waals surface area contributed by atoms with Crippen molar-refractivity contribution in [3.8, 4) is 5.75 Å². The molecule has 180 valence electrons. The van der Waals surface area contributed by atoms with Crippen LogP contribution in [-0.4, -0.2) is 30.6 Å². The lowest BCUT2D eigenvalue weighted by Crippen LogP contribution is -2.38. The van der Waals surface area contributed by atoms with Crippen LogP contribution in [0.4, 0.5) is 10.5 Å². The third-order valence-electron chi connectivity index (χ3n) is 5.84. The first-order valence-electron chi connectivity index (χ1n) is 12.5. The maximum absolute atomic E-state index is 13.2. The van der Waals surface area contributed by atoms with Gasteiger partial charge in [-0.3, -0.25) is 0 Å². The number of benzene rings is 3. The Morgan fingerprint density at radius 3 is 2.00 bits per heavy atom. The van der Waals surface area contributed by atoms with Gasteiger partial charge in [-0.05, 0) is 54.2 Å². The van der Waals surface area contributed by atoms with Gasteiger partial charge >= 0.3 is 6.03 Å². The molecule has 4 heteroatoms. The molecule has 34 heavy (non-hydrogen) atoms. The molecule has 0 saturated heterocycles. The highest BCUT2D eigenvalue weighted by atomic mass is 16.5. The van der Waals surface area contributed by atoms with Crippen molar-refractivity contribution >= 4 is 11.7 Å². The fourth-order valence-corrected chi connectivity index (χ4v) is 4.07. The maximum atomic E-state index is 13.2. The molecule has 0 saturated carbocycles. The Kier molecular flexibility index (Phi) is 10.0. The van der Waals surface area contributed by atoms with Crippen LogP contribution in [0.5, 0.6) is 5.75 Å². The van der Waals surface area contributed by atoms with E-state index in [4.69, 9.17) is 4.74 Å². The van der Waals surface area contributed by atoms with Gasteiger partial charge in [0, 0.05) is 24.7 Å². The molecule has 0 fully saturated rings. The van der Waals surface area contributed by atoms with E-state index in [0.29, 0.717) is 25.6 Å². The lowest BCUT2D eigenvalue weighted by molar-refractivity contribution is 0.203. The van der Waals surface area contributed by atoms with Crippen LogP contribution in [0, 0.1) is 5.92 Å². The highest BCUT2D eigenvalue weighted by Crippen LogP contribution is 2.28. The minimum absolute atomic E-state index is 0.0618. The molecule has 1 N–H and O–H groups in total. The van der Waals surface area contributed by atoms with E-state index in [-0.39, 0.29) is 11.9 Å². The SMILES string of the molecule is CCCCOc1ccc(NC(=O)N(CCC(c2ccccc2)c2ccccc2)CC(C)C)cc1. The Hall–Kier alpha value is -3.27. The van der Waals surface area contributed by atoms with Crippen molar-refractivity contribution in [2.45, 2.75) is 46.0 Å². The molecule has 0 spiro atoms. The van der Waals surface area contributed by atoms with Gasteiger partial charge in [0.25, 0.3) is 0 Å². The van der Waals surface area contributed by atoms with Gasteiger partial charge < -0.3 is 15.0 Å². The summed E-state index contributed by atoms with van der Waals surface area (Å²) in [5, 5.41) is 3.08. The molecule has 0 aromatic heterocycles. The summed E-state index contributed by atoms with van der Waals surface area (Å²) in [6, 6.07) is 28.7. The minimum Gasteiger partial charge on any atom is -0.494 e. The van der Waals surface area contributed by atoms with Crippen LogP contribution in [0.3, 0.4) is 0 Å². The Bertz CT molecular complexity index is 932. The van der Waals surface area contributed by atoms with Crippen LogP contribution in [0.1, 0.15) is 57.1 Å². The summed E-state index contributed by atoms with van der Waals surface area (Å²) >= 11 is 0. The van der Waals surface area contributed by atoms with Crippen molar-refractivity contribution in [1.29, 1.82) is 0 Å². The molecule has 0 aliphatic heterocycles. The van der Waals surface area contributed by atoms with Gasteiger partial charge in [0.05, 0.1) is 6.61 Å². The number of hydrogen-bond donors (Lipinski definition) is 1. The van der Waals surface area contributed by atoms with Crippen LogP contribution < -0.4 is 10.1 Å². The maximum Gasteiger partial charge on any atom is 0.321 e. The molecule has 0 aliphatic rings. The van der Waals surface area contributed by atoms with E-state index >= 15 is 0 Å². The number of ether oxygens (including phenoxy) is 1. The van der Waals surface area contributed by atoms with Gasteiger partial charge in [-0.1, -0.05) is 87.9 Å². The van der Waals surface area contributed by atoms with E-state index in [2.05, 4.69) is 74.6 Å². The van der Waals surface area contributed by atoms with Crippen molar-refractivity contribution in [2.75, 3.05) is 25.0 Å². The van der Waals surface area contributed by atoms with Crippen LogP contribution in [0.25, 0.3) is 0 Å². The molecule has 3 aromatic rings. The van der Waals surface area contributed by atoms with Gasteiger partial charge in [0.1, 0.15) is 5.75 Å². The van der Waals surface area contributed by atoms with Gasteiger partial charge in [-0.25, -0.2) is 4.79 Å². The molecular weight excluding hydrogens is 420 g/mol. The summed E-state index contributed by atoms with van der Waals surface area (Å²) in [4.78, 5) is 15.2. The molecule has 0 heterocycles. The Morgan fingerprint density at radius 2 is 1.47 bits per heavy atom. The molecule has 0 unspecified atom stereocenters. The van der Waals surface area contributed by atoms with Crippen LogP contribution in [0.2, 0.25) is 0 Å². The zero-order valence-electron chi connectivity index (χ0n) is 20.7. The van der Waals surface area contributed by atoms with Gasteiger partial charge in [0.2, 0.25) is 0 Å². The molecular formula is C30H38N2O2. The van der Waals surface area contributed by atoms with Crippen LogP contribution >= 0.6 is 0 Å². The largest absolute Gasteiger partial charge is 0.494 e. The van der Waals surface area contributed by atoms with Gasteiger partial charge in [0.15, 0.2) is 0 Å². The summed E-state index contributed by atoms with van der Waals surface area (Å²) in [6.45, 7) is 8.54. The second-order valence-corrected chi connectivity index (χ2v) is 9.16. The number of anilines is 1.